The van der Waals surface area contributed by atoms with E-state index in [9.17, 15) is 8.42 Å². The molecule has 1 aromatic carbocycles. The molecule has 0 unspecified atom stereocenters. The van der Waals surface area contributed by atoms with Crippen LogP contribution >= 0.6 is 11.3 Å². The first-order valence-corrected chi connectivity index (χ1v) is 10.9. The summed E-state index contributed by atoms with van der Waals surface area (Å²) in [6.45, 7) is 5.33. The lowest BCUT2D eigenvalue weighted by atomic mass is 10.1. The summed E-state index contributed by atoms with van der Waals surface area (Å²) < 4.78 is 25.8. The highest BCUT2D eigenvalue weighted by Gasteiger charge is 2.28. The Labute approximate surface area is 147 Å². The molecule has 0 fully saturated rings. The van der Waals surface area contributed by atoms with E-state index in [-0.39, 0.29) is 5.75 Å². The lowest BCUT2D eigenvalue weighted by Crippen LogP contribution is -2.30. The number of nitrogens with one attached hydrogen (secondary N) is 1. The minimum Gasteiger partial charge on any atom is -0.362 e. The molecule has 24 heavy (non-hydrogen) atoms. The average molecular weight is 366 g/mol. The normalized spacial score (nSPS) is 14.0. The van der Waals surface area contributed by atoms with Gasteiger partial charge in [0.15, 0.2) is 5.13 Å². The van der Waals surface area contributed by atoms with Gasteiger partial charge < -0.3 is 5.32 Å². The zero-order valence-corrected chi connectivity index (χ0v) is 15.7. The predicted octanol–water partition coefficient (Wildman–Crippen LogP) is 3.73. The number of aromatic nitrogens is 1. The van der Waals surface area contributed by atoms with Crippen LogP contribution in [-0.4, -0.2) is 32.2 Å². The molecule has 3 rings (SSSR count). The molecule has 0 saturated carbocycles. The molecule has 1 aromatic heterocycles. The maximum atomic E-state index is 12.2. The van der Waals surface area contributed by atoms with Crippen molar-refractivity contribution < 1.29 is 8.42 Å². The number of hydrogen-bond donors (Lipinski definition) is 1. The largest absolute Gasteiger partial charge is 0.362 e. The highest BCUT2D eigenvalue weighted by molar-refractivity contribution is 7.92. The van der Waals surface area contributed by atoms with E-state index in [2.05, 4.69) is 23.3 Å². The van der Waals surface area contributed by atoms with Gasteiger partial charge in [0.25, 0.3) is 0 Å². The Morgan fingerprint density at radius 1 is 1.33 bits per heavy atom. The molecule has 1 aliphatic rings. The number of nitrogens with zero attached hydrogens (tertiary/aromatic N) is 2. The number of anilines is 2. The first-order valence-electron chi connectivity index (χ1n) is 8.38. The van der Waals surface area contributed by atoms with E-state index in [1.807, 2.05) is 17.5 Å². The van der Waals surface area contributed by atoms with Gasteiger partial charge in [-0.15, -0.1) is 11.3 Å². The molecular formula is C17H23N3O2S2. The highest BCUT2D eigenvalue weighted by Crippen LogP contribution is 2.34. The lowest BCUT2D eigenvalue weighted by Gasteiger charge is -2.18. The third-order valence-corrected chi connectivity index (χ3v) is 6.82. The summed E-state index contributed by atoms with van der Waals surface area (Å²) in [5, 5.41) is 6.33. The molecule has 0 atom stereocenters. The summed E-state index contributed by atoms with van der Waals surface area (Å²) in [7, 11) is -3.19. The molecule has 2 aromatic rings. The zero-order valence-electron chi connectivity index (χ0n) is 14.1. The molecule has 7 heteroatoms. The lowest BCUT2D eigenvalue weighted by molar-refractivity contribution is 0.593. The van der Waals surface area contributed by atoms with Crippen LogP contribution in [0.15, 0.2) is 23.6 Å². The number of hydrogen-bond acceptors (Lipinski definition) is 5. The Hall–Kier alpha value is -1.60. The van der Waals surface area contributed by atoms with Crippen LogP contribution in [0.4, 0.5) is 10.8 Å². The van der Waals surface area contributed by atoms with E-state index < -0.39 is 10.0 Å². The Kier molecular flexibility index (Phi) is 5.10. The fourth-order valence-electron chi connectivity index (χ4n) is 2.84. The van der Waals surface area contributed by atoms with Gasteiger partial charge >= 0.3 is 0 Å². The quantitative estimate of drug-likeness (QED) is 0.760. The smallest absolute Gasteiger partial charge is 0.234 e. The van der Waals surface area contributed by atoms with Gasteiger partial charge in [-0.25, -0.2) is 13.4 Å². The number of sulfonamides is 1. The van der Waals surface area contributed by atoms with Crippen LogP contribution < -0.4 is 9.62 Å². The molecule has 0 saturated heterocycles. The summed E-state index contributed by atoms with van der Waals surface area (Å²) >= 11 is 1.61. The Morgan fingerprint density at radius 2 is 2.17 bits per heavy atom. The van der Waals surface area contributed by atoms with E-state index in [0.717, 1.165) is 53.4 Å². The van der Waals surface area contributed by atoms with Crippen molar-refractivity contribution in [1.29, 1.82) is 0 Å². The van der Waals surface area contributed by atoms with Crippen molar-refractivity contribution in [3.63, 3.8) is 0 Å². The van der Waals surface area contributed by atoms with Gasteiger partial charge in [-0.05, 0) is 37.5 Å². The molecule has 0 aliphatic carbocycles. The SMILES string of the molecule is CCCCNc1nc(-c2ccc3c(c2)CCN3S(=O)(=O)CC)cs1. The minimum absolute atomic E-state index is 0.132. The maximum Gasteiger partial charge on any atom is 0.234 e. The molecule has 0 radical (unpaired) electrons. The van der Waals surface area contributed by atoms with Crippen molar-refractivity contribution in [3.05, 3.63) is 29.1 Å². The van der Waals surface area contributed by atoms with Crippen molar-refractivity contribution in [3.8, 4) is 11.3 Å². The van der Waals surface area contributed by atoms with Crippen molar-refractivity contribution in [2.75, 3.05) is 28.5 Å². The van der Waals surface area contributed by atoms with Crippen molar-refractivity contribution in [2.45, 2.75) is 33.1 Å². The Balaban J connectivity index is 1.80. The van der Waals surface area contributed by atoms with Gasteiger partial charge in [0, 0.05) is 24.0 Å². The van der Waals surface area contributed by atoms with Gasteiger partial charge in [0.05, 0.1) is 17.1 Å². The van der Waals surface area contributed by atoms with E-state index in [0.29, 0.717) is 6.54 Å². The second kappa shape index (κ2) is 7.11. The third kappa shape index (κ3) is 3.42. The second-order valence-electron chi connectivity index (χ2n) is 5.88. The van der Waals surface area contributed by atoms with Crippen molar-refractivity contribution in [1.82, 2.24) is 4.98 Å². The van der Waals surface area contributed by atoms with Crippen LogP contribution in [0, 0.1) is 0 Å². The van der Waals surface area contributed by atoms with Crippen molar-refractivity contribution in [2.24, 2.45) is 0 Å². The molecule has 5 nitrogen and oxygen atoms in total. The molecule has 1 N–H and O–H groups in total. The van der Waals surface area contributed by atoms with Crippen LogP contribution in [0.3, 0.4) is 0 Å². The third-order valence-electron chi connectivity index (χ3n) is 4.24. The van der Waals surface area contributed by atoms with Crippen molar-refractivity contribution >= 4 is 32.2 Å². The zero-order chi connectivity index (χ0) is 17.2. The summed E-state index contributed by atoms with van der Waals surface area (Å²) in [6.07, 6.45) is 3.05. The number of benzene rings is 1. The number of unbranched alkanes of at least 4 members (excludes halogenated alkanes) is 1. The van der Waals surface area contributed by atoms with Gasteiger partial charge in [0.1, 0.15) is 0 Å². The van der Waals surface area contributed by atoms with Gasteiger partial charge in [-0.2, -0.15) is 0 Å². The number of thiazole rings is 1. The van der Waals surface area contributed by atoms with E-state index in [1.54, 1.807) is 18.3 Å². The first-order chi connectivity index (χ1) is 11.5. The van der Waals surface area contributed by atoms with Gasteiger partial charge in [0.2, 0.25) is 10.0 Å². The van der Waals surface area contributed by atoms with Gasteiger partial charge in [-0.1, -0.05) is 19.4 Å². The molecule has 0 amide bonds. The number of fused-ring (bicyclic) bond motifs is 1. The second-order valence-corrected chi connectivity index (χ2v) is 8.92. The van der Waals surface area contributed by atoms with E-state index >= 15 is 0 Å². The van der Waals surface area contributed by atoms with Crippen LogP contribution in [0.25, 0.3) is 11.3 Å². The van der Waals surface area contributed by atoms with Crippen LogP contribution in [-0.2, 0) is 16.4 Å². The molecule has 130 valence electrons. The maximum absolute atomic E-state index is 12.2. The van der Waals surface area contributed by atoms with E-state index in [4.69, 9.17) is 0 Å². The number of rotatable bonds is 7. The summed E-state index contributed by atoms with van der Waals surface area (Å²) in [4.78, 5) is 4.64. The highest BCUT2D eigenvalue weighted by atomic mass is 32.2. The molecule has 1 aliphatic heterocycles. The topological polar surface area (TPSA) is 62.3 Å². The fourth-order valence-corrected chi connectivity index (χ4v) is 4.74. The molecule has 0 bridgehead atoms. The minimum atomic E-state index is -3.19. The monoisotopic (exact) mass is 365 g/mol. The van der Waals surface area contributed by atoms with E-state index in [1.165, 1.54) is 4.31 Å². The van der Waals surface area contributed by atoms with Crippen LogP contribution in [0.2, 0.25) is 0 Å². The molecule has 2 heterocycles. The summed E-state index contributed by atoms with van der Waals surface area (Å²) in [5.74, 6) is 0.132. The summed E-state index contributed by atoms with van der Waals surface area (Å²) in [5.41, 5.74) is 3.89. The predicted molar refractivity (Wildman–Crippen MR) is 101 cm³/mol. The van der Waals surface area contributed by atoms with Gasteiger partial charge in [-0.3, -0.25) is 4.31 Å². The molecular weight excluding hydrogens is 342 g/mol. The average Bonchev–Trinajstić information content (AvgIpc) is 3.21. The first kappa shape index (κ1) is 17.2. The summed E-state index contributed by atoms with van der Waals surface area (Å²) in [6, 6.07) is 5.95. The standard InChI is InChI=1S/C17H23N3O2S2/c1-3-5-9-18-17-19-15(12-23-17)13-6-7-16-14(11-13)8-10-20(16)24(21,22)4-2/h6-7,11-12H,3-5,8-10H2,1-2H3,(H,18,19). The van der Waals surface area contributed by atoms with Crippen LogP contribution in [0.5, 0.6) is 0 Å². The fraction of sp³-hybridized carbons (Fsp3) is 0.471. The molecule has 0 spiro atoms. The Bertz CT molecular complexity index is 815. The Morgan fingerprint density at radius 3 is 2.92 bits per heavy atom. The van der Waals surface area contributed by atoms with Crippen LogP contribution in [0.1, 0.15) is 32.3 Å².